The maximum Gasteiger partial charge on any atom is 0.266 e. The Hall–Kier alpha value is -4.24. The molecule has 37 heavy (non-hydrogen) atoms. The lowest BCUT2D eigenvalue weighted by Crippen LogP contribution is -2.13. The quantitative estimate of drug-likeness (QED) is 0.191. The van der Waals surface area contributed by atoms with Crippen molar-refractivity contribution in [2.24, 2.45) is 0 Å². The summed E-state index contributed by atoms with van der Waals surface area (Å²) >= 11 is 0. The van der Waals surface area contributed by atoms with Gasteiger partial charge in [0.05, 0.1) is 7.11 Å². The number of carbonyl (C=O) groups is 1. The first-order valence-corrected chi connectivity index (χ1v) is 12.7. The number of nitrogens with zero attached hydrogens (tertiary/aromatic N) is 1. The first-order chi connectivity index (χ1) is 18.2. The normalized spacial score (nSPS) is 13.9. The molecule has 190 valence electrons. The molecule has 1 fully saturated rings. The van der Waals surface area contributed by atoms with E-state index in [0.717, 1.165) is 5.75 Å². The number of carbonyl (C=O) groups excluding carboxylic acids is 1. The molecule has 1 saturated carbocycles. The molecule has 4 rings (SSSR count). The van der Waals surface area contributed by atoms with Crippen molar-refractivity contribution in [3.63, 3.8) is 0 Å². The molecule has 0 unspecified atom stereocenters. The van der Waals surface area contributed by atoms with Gasteiger partial charge in [-0.3, -0.25) is 4.79 Å². The van der Waals surface area contributed by atoms with Crippen LogP contribution in [0.2, 0.25) is 0 Å². The standard InChI is InChI=1S/C31H32N2O4/c1-35-30-21-23(20-26(22-32)31(34)33-27-10-6-3-7-11-27)12-17-29(30)37-19-18-36-28-15-13-25(14-16-28)24-8-4-2-5-9-24/h3,6-7,10-17,20-21,24H,2,4-5,8-9,18-19H2,1H3,(H,33,34)/b26-20+. The number of anilines is 1. The van der Waals surface area contributed by atoms with E-state index in [-0.39, 0.29) is 5.57 Å². The van der Waals surface area contributed by atoms with Gasteiger partial charge in [-0.15, -0.1) is 0 Å². The molecule has 0 saturated heterocycles. The lowest BCUT2D eigenvalue weighted by molar-refractivity contribution is -0.112. The van der Waals surface area contributed by atoms with Crippen molar-refractivity contribution in [1.82, 2.24) is 0 Å². The lowest BCUT2D eigenvalue weighted by atomic mass is 9.84. The Morgan fingerprint density at radius 1 is 0.946 bits per heavy atom. The SMILES string of the molecule is COc1cc(/C=C(\C#N)C(=O)Nc2ccccc2)ccc1OCCOc1ccc(C2CCCCC2)cc1. The molecule has 6 nitrogen and oxygen atoms in total. The number of nitriles is 1. The van der Waals surface area contributed by atoms with E-state index >= 15 is 0 Å². The molecule has 0 radical (unpaired) electrons. The second-order valence-corrected chi connectivity index (χ2v) is 9.00. The number of nitrogens with one attached hydrogen (secondary N) is 1. The average molecular weight is 497 g/mol. The number of hydrogen-bond acceptors (Lipinski definition) is 5. The molecule has 0 aliphatic heterocycles. The van der Waals surface area contributed by atoms with Gasteiger partial charge in [-0.25, -0.2) is 0 Å². The van der Waals surface area contributed by atoms with E-state index in [1.165, 1.54) is 43.7 Å². The van der Waals surface area contributed by atoms with Crippen molar-refractivity contribution in [2.75, 3.05) is 25.6 Å². The topological polar surface area (TPSA) is 80.6 Å². The molecule has 0 aromatic heterocycles. The predicted octanol–water partition coefficient (Wildman–Crippen LogP) is 6.75. The molecule has 3 aromatic carbocycles. The third kappa shape index (κ3) is 7.37. The maximum atomic E-state index is 12.5. The lowest BCUT2D eigenvalue weighted by Gasteiger charge is -2.22. The molecular formula is C31H32N2O4. The van der Waals surface area contributed by atoms with E-state index in [1.807, 2.05) is 36.4 Å². The van der Waals surface area contributed by atoms with Crippen LogP contribution in [0.3, 0.4) is 0 Å². The first kappa shape index (κ1) is 25.8. The van der Waals surface area contributed by atoms with Crippen molar-refractivity contribution in [3.8, 4) is 23.3 Å². The second-order valence-electron chi connectivity index (χ2n) is 9.00. The summed E-state index contributed by atoms with van der Waals surface area (Å²) in [5.41, 5.74) is 2.66. The van der Waals surface area contributed by atoms with E-state index in [4.69, 9.17) is 14.2 Å². The minimum absolute atomic E-state index is 0.0116. The zero-order chi connectivity index (χ0) is 25.9. The zero-order valence-corrected chi connectivity index (χ0v) is 21.1. The van der Waals surface area contributed by atoms with Crippen LogP contribution in [0.4, 0.5) is 5.69 Å². The Morgan fingerprint density at radius 3 is 2.38 bits per heavy atom. The minimum Gasteiger partial charge on any atom is -0.493 e. The van der Waals surface area contributed by atoms with Crippen molar-refractivity contribution >= 4 is 17.7 Å². The predicted molar refractivity (Wildman–Crippen MR) is 145 cm³/mol. The Bertz CT molecular complexity index is 1240. The number of amides is 1. The van der Waals surface area contributed by atoms with Crippen molar-refractivity contribution in [1.29, 1.82) is 5.26 Å². The Balaban J connectivity index is 1.30. The third-order valence-corrected chi connectivity index (χ3v) is 6.46. The number of methoxy groups -OCH3 is 1. The van der Waals surface area contributed by atoms with Gasteiger partial charge in [0.2, 0.25) is 0 Å². The highest BCUT2D eigenvalue weighted by atomic mass is 16.5. The van der Waals surface area contributed by atoms with E-state index in [2.05, 4.69) is 17.4 Å². The molecule has 0 heterocycles. The highest BCUT2D eigenvalue weighted by molar-refractivity contribution is 6.09. The van der Waals surface area contributed by atoms with Gasteiger partial charge in [-0.2, -0.15) is 5.26 Å². The summed E-state index contributed by atoms with van der Waals surface area (Å²) in [6.45, 7) is 0.741. The Labute approximate surface area is 218 Å². The van der Waals surface area contributed by atoms with Crippen LogP contribution in [0, 0.1) is 11.3 Å². The van der Waals surface area contributed by atoms with Gasteiger partial charge >= 0.3 is 0 Å². The van der Waals surface area contributed by atoms with Crippen LogP contribution >= 0.6 is 0 Å². The number of ether oxygens (including phenoxy) is 3. The van der Waals surface area contributed by atoms with Crippen molar-refractivity contribution in [3.05, 3.63) is 89.5 Å². The summed E-state index contributed by atoms with van der Waals surface area (Å²) in [6, 6.07) is 24.7. The largest absolute Gasteiger partial charge is 0.493 e. The molecule has 0 atom stereocenters. The summed E-state index contributed by atoms with van der Waals surface area (Å²) in [7, 11) is 1.55. The fraction of sp³-hybridized carbons (Fsp3) is 0.290. The van der Waals surface area contributed by atoms with Crippen LogP contribution in [0.1, 0.15) is 49.1 Å². The molecule has 1 N–H and O–H groups in total. The van der Waals surface area contributed by atoms with Gasteiger partial charge < -0.3 is 19.5 Å². The zero-order valence-electron chi connectivity index (χ0n) is 21.1. The summed E-state index contributed by atoms with van der Waals surface area (Å²) in [5.74, 6) is 2.10. The molecule has 1 aliphatic carbocycles. The Kier molecular flexibility index (Phi) is 9.20. The number of benzene rings is 3. The molecule has 3 aromatic rings. The number of para-hydroxylation sites is 1. The van der Waals surface area contributed by atoms with Gasteiger partial charge in [0.1, 0.15) is 30.6 Å². The summed E-state index contributed by atoms with van der Waals surface area (Å²) < 4.78 is 17.2. The van der Waals surface area contributed by atoms with Crippen molar-refractivity contribution in [2.45, 2.75) is 38.0 Å². The smallest absolute Gasteiger partial charge is 0.266 e. The maximum absolute atomic E-state index is 12.5. The van der Waals surface area contributed by atoms with Gasteiger partial charge in [0.25, 0.3) is 5.91 Å². The molecule has 1 amide bonds. The van der Waals surface area contributed by atoms with E-state index in [1.54, 1.807) is 37.4 Å². The first-order valence-electron chi connectivity index (χ1n) is 12.7. The van der Waals surface area contributed by atoms with Crippen LogP contribution in [0.5, 0.6) is 17.2 Å². The van der Waals surface area contributed by atoms with E-state index in [0.29, 0.717) is 41.9 Å². The Morgan fingerprint density at radius 2 is 1.68 bits per heavy atom. The molecular weight excluding hydrogens is 464 g/mol. The summed E-state index contributed by atoms with van der Waals surface area (Å²) in [6.07, 6.45) is 8.08. The number of rotatable bonds is 10. The molecule has 0 spiro atoms. The van der Waals surface area contributed by atoms with Crippen LogP contribution in [-0.4, -0.2) is 26.2 Å². The minimum atomic E-state index is -0.475. The fourth-order valence-corrected chi connectivity index (χ4v) is 4.51. The molecule has 1 aliphatic rings. The summed E-state index contributed by atoms with van der Waals surface area (Å²) in [5, 5.41) is 12.2. The average Bonchev–Trinajstić information content (AvgIpc) is 2.95. The van der Waals surface area contributed by atoms with Crippen molar-refractivity contribution < 1.29 is 19.0 Å². The second kappa shape index (κ2) is 13.2. The third-order valence-electron chi connectivity index (χ3n) is 6.46. The molecule has 6 heteroatoms. The van der Waals surface area contributed by atoms with Crippen LogP contribution in [0.25, 0.3) is 6.08 Å². The van der Waals surface area contributed by atoms with E-state index in [9.17, 15) is 10.1 Å². The molecule has 0 bridgehead atoms. The van der Waals surface area contributed by atoms with Crippen LogP contribution in [-0.2, 0) is 4.79 Å². The highest BCUT2D eigenvalue weighted by Gasteiger charge is 2.15. The van der Waals surface area contributed by atoms with Crippen LogP contribution < -0.4 is 19.5 Å². The highest BCUT2D eigenvalue weighted by Crippen LogP contribution is 2.33. The number of hydrogen-bond donors (Lipinski definition) is 1. The monoisotopic (exact) mass is 496 g/mol. The van der Waals surface area contributed by atoms with Gasteiger partial charge in [-0.05, 0) is 72.4 Å². The summed E-state index contributed by atoms with van der Waals surface area (Å²) in [4.78, 5) is 12.5. The van der Waals surface area contributed by atoms with Gasteiger partial charge in [0, 0.05) is 5.69 Å². The van der Waals surface area contributed by atoms with E-state index < -0.39 is 5.91 Å². The van der Waals surface area contributed by atoms with Gasteiger partial charge in [-0.1, -0.05) is 55.7 Å². The fourth-order valence-electron chi connectivity index (χ4n) is 4.51. The van der Waals surface area contributed by atoms with Crippen LogP contribution in [0.15, 0.2) is 78.4 Å². The van der Waals surface area contributed by atoms with Gasteiger partial charge in [0.15, 0.2) is 11.5 Å².